The Morgan fingerprint density at radius 3 is 2.80 bits per heavy atom. The van der Waals surface area contributed by atoms with Crippen LogP contribution >= 0.6 is 0 Å². The molecule has 0 aliphatic carbocycles. The summed E-state index contributed by atoms with van der Waals surface area (Å²) in [6, 6.07) is 7.77. The topological polar surface area (TPSA) is 59.6 Å². The summed E-state index contributed by atoms with van der Waals surface area (Å²) in [6.07, 6.45) is 0.439. The Bertz CT molecular complexity index is 427. The fourth-order valence-electron chi connectivity index (χ4n) is 2.26. The molecule has 5 nitrogen and oxygen atoms in total. The summed E-state index contributed by atoms with van der Waals surface area (Å²) in [7, 11) is 1.64. The van der Waals surface area contributed by atoms with E-state index in [2.05, 4.69) is 17.6 Å². The van der Waals surface area contributed by atoms with Gasteiger partial charge in [0.1, 0.15) is 11.9 Å². The molecule has 1 unspecified atom stereocenters. The van der Waals surface area contributed by atoms with Crippen molar-refractivity contribution in [2.24, 2.45) is 0 Å². The molecular formula is C15H22N2O3. The smallest absolute Gasteiger partial charge is 0.250 e. The van der Waals surface area contributed by atoms with Crippen molar-refractivity contribution >= 4 is 5.91 Å². The number of carbonyl (C=O) groups is 1. The Morgan fingerprint density at radius 2 is 2.25 bits per heavy atom. The minimum Gasteiger partial charge on any atom is -0.497 e. The van der Waals surface area contributed by atoms with Crippen LogP contribution in [0.3, 0.4) is 0 Å². The van der Waals surface area contributed by atoms with E-state index in [4.69, 9.17) is 9.47 Å². The van der Waals surface area contributed by atoms with Crippen LogP contribution in [0.5, 0.6) is 5.75 Å². The van der Waals surface area contributed by atoms with Crippen molar-refractivity contribution in [2.75, 3.05) is 26.8 Å². The molecule has 0 aromatic heterocycles. The van der Waals surface area contributed by atoms with E-state index in [0.29, 0.717) is 13.2 Å². The van der Waals surface area contributed by atoms with Crippen molar-refractivity contribution in [3.05, 3.63) is 29.8 Å². The summed E-state index contributed by atoms with van der Waals surface area (Å²) in [5.74, 6) is 0.759. The molecule has 1 aromatic carbocycles. The number of benzene rings is 1. The zero-order valence-corrected chi connectivity index (χ0v) is 12.0. The van der Waals surface area contributed by atoms with E-state index < -0.39 is 6.10 Å². The van der Waals surface area contributed by atoms with Gasteiger partial charge < -0.3 is 20.1 Å². The SMILES string of the molecule is CCC(NC(=O)[C@H]1CNCCO1)c1ccc(OC)cc1. The predicted octanol–water partition coefficient (Wildman–Crippen LogP) is 1.25. The zero-order valence-electron chi connectivity index (χ0n) is 12.0. The summed E-state index contributed by atoms with van der Waals surface area (Å²) in [4.78, 5) is 12.2. The lowest BCUT2D eigenvalue weighted by atomic mass is 10.0. The number of rotatable bonds is 5. The number of nitrogens with one attached hydrogen (secondary N) is 2. The molecule has 1 saturated heterocycles. The van der Waals surface area contributed by atoms with E-state index in [1.165, 1.54) is 0 Å². The molecule has 20 heavy (non-hydrogen) atoms. The minimum atomic E-state index is -0.393. The molecule has 0 spiro atoms. The Morgan fingerprint density at radius 1 is 1.50 bits per heavy atom. The van der Waals surface area contributed by atoms with Gasteiger partial charge in [0.05, 0.1) is 19.8 Å². The molecule has 1 fully saturated rings. The average Bonchev–Trinajstić information content (AvgIpc) is 2.53. The van der Waals surface area contributed by atoms with Crippen LogP contribution in [0, 0.1) is 0 Å². The molecule has 1 aliphatic rings. The quantitative estimate of drug-likeness (QED) is 0.851. The number of hydrogen-bond donors (Lipinski definition) is 2. The Labute approximate surface area is 119 Å². The number of morpholine rings is 1. The number of amides is 1. The maximum Gasteiger partial charge on any atom is 0.250 e. The molecule has 0 saturated carbocycles. The maximum absolute atomic E-state index is 12.2. The third-order valence-electron chi connectivity index (χ3n) is 3.46. The molecule has 5 heteroatoms. The summed E-state index contributed by atoms with van der Waals surface area (Å²) in [5, 5.41) is 6.20. The second-order valence-corrected chi connectivity index (χ2v) is 4.81. The van der Waals surface area contributed by atoms with Crippen molar-refractivity contribution in [3.8, 4) is 5.75 Å². The summed E-state index contributed by atoms with van der Waals surface area (Å²) in [6.45, 7) is 4.01. The van der Waals surface area contributed by atoms with Crippen LogP contribution in [0.1, 0.15) is 24.9 Å². The first kappa shape index (κ1) is 14.8. The van der Waals surface area contributed by atoms with Crippen molar-refractivity contribution in [2.45, 2.75) is 25.5 Å². The van der Waals surface area contributed by atoms with Crippen LogP contribution in [0.25, 0.3) is 0 Å². The third kappa shape index (κ3) is 3.71. The van der Waals surface area contributed by atoms with Gasteiger partial charge in [0.15, 0.2) is 0 Å². The van der Waals surface area contributed by atoms with E-state index in [0.717, 1.165) is 24.3 Å². The van der Waals surface area contributed by atoms with Gasteiger partial charge in [-0.05, 0) is 24.1 Å². The molecule has 2 N–H and O–H groups in total. The van der Waals surface area contributed by atoms with Crippen LogP contribution in [0.2, 0.25) is 0 Å². The molecule has 2 rings (SSSR count). The Kier molecular flexibility index (Phi) is 5.38. The van der Waals surface area contributed by atoms with Crippen LogP contribution in [-0.4, -0.2) is 38.8 Å². The van der Waals surface area contributed by atoms with Gasteiger partial charge in [-0.25, -0.2) is 0 Å². The normalized spacial score (nSPS) is 20.2. The Balaban J connectivity index is 1.98. The van der Waals surface area contributed by atoms with E-state index in [1.807, 2.05) is 24.3 Å². The number of methoxy groups -OCH3 is 1. The maximum atomic E-state index is 12.2. The van der Waals surface area contributed by atoms with Gasteiger partial charge in [-0.15, -0.1) is 0 Å². The summed E-state index contributed by atoms with van der Waals surface area (Å²) in [5.41, 5.74) is 1.07. The van der Waals surface area contributed by atoms with Gasteiger partial charge >= 0.3 is 0 Å². The lowest BCUT2D eigenvalue weighted by Crippen LogP contribution is -2.48. The monoisotopic (exact) mass is 278 g/mol. The third-order valence-corrected chi connectivity index (χ3v) is 3.46. The average molecular weight is 278 g/mol. The van der Waals surface area contributed by atoms with Gasteiger partial charge in [0.25, 0.3) is 5.91 Å². The first-order valence-electron chi connectivity index (χ1n) is 7.01. The molecular weight excluding hydrogens is 256 g/mol. The molecule has 1 aromatic rings. The Hall–Kier alpha value is -1.59. The lowest BCUT2D eigenvalue weighted by molar-refractivity contribution is -0.135. The van der Waals surface area contributed by atoms with E-state index in [-0.39, 0.29) is 11.9 Å². The van der Waals surface area contributed by atoms with Gasteiger partial charge in [-0.2, -0.15) is 0 Å². The van der Waals surface area contributed by atoms with Crippen molar-refractivity contribution < 1.29 is 14.3 Å². The summed E-state index contributed by atoms with van der Waals surface area (Å²) < 4.78 is 10.6. The molecule has 0 bridgehead atoms. The van der Waals surface area contributed by atoms with Gasteiger partial charge in [0.2, 0.25) is 0 Å². The molecule has 2 atom stereocenters. The minimum absolute atomic E-state index is 0.000988. The largest absolute Gasteiger partial charge is 0.497 e. The van der Waals surface area contributed by atoms with Crippen molar-refractivity contribution in [1.29, 1.82) is 0 Å². The highest BCUT2D eigenvalue weighted by Gasteiger charge is 2.24. The van der Waals surface area contributed by atoms with E-state index in [9.17, 15) is 4.79 Å². The number of ether oxygens (including phenoxy) is 2. The number of hydrogen-bond acceptors (Lipinski definition) is 4. The van der Waals surface area contributed by atoms with Gasteiger partial charge in [-0.3, -0.25) is 4.79 Å². The van der Waals surface area contributed by atoms with Crippen LogP contribution in [0.15, 0.2) is 24.3 Å². The van der Waals surface area contributed by atoms with E-state index in [1.54, 1.807) is 7.11 Å². The highest BCUT2D eigenvalue weighted by Crippen LogP contribution is 2.20. The van der Waals surface area contributed by atoms with Crippen LogP contribution in [0.4, 0.5) is 0 Å². The second kappa shape index (κ2) is 7.26. The highest BCUT2D eigenvalue weighted by molar-refractivity contribution is 5.81. The predicted molar refractivity (Wildman–Crippen MR) is 76.8 cm³/mol. The molecule has 1 aliphatic heterocycles. The molecule has 1 amide bonds. The molecule has 1 heterocycles. The lowest BCUT2D eigenvalue weighted by Gasteiger charge is -2.25. The van der Waals surface area contributed by atoms with Crippen molar-refractivity contribution in [3.63, 3.8) is 0 Å². The fourth-order valence-corrected chi connectivity index (χ4v) is 2.26. The summed E-state index contributed by atoms with van der Waals surface area (Å²) >= 11 is 0. The first-order valence-corrected chi connectivity index (χ1v) is 7.01. The van der Waals surface area contributed by atoms with Crippen LogP contribution < -0.4 is 15.4 Å². The first-order chi connectivity index (χ1) is 9.74. The standard InChI is InChI=1S/C15H22N2O3/c1-3-13(11-4-6-12(19-2)7-5-11)17-15(18)14-10-16-8-9-20-14/h4-7,13-14,16H,3,8-10H2,1-2H3,(H,17,18)/t13?,14-/m1/s1. The molecule has 0 radical (unpaired) electrons. The van der Waals surface area contributed by atoms with Crippen molar-refractivity contribution in [1.82, 2.24) is 10.6 Å². The van der Waals surface area contributed by atoms with Gasteiger partial charge in [0, 0.05) is 13.1 Å². The fraction of sp³-hybridized carbons (Fsp3) is 0.533. The van der Waals surface area contributed by atoms with E-state index >= 15 is 0 Å². The zero-order chi connectivity index (χ0) is 14.4. The van der Waals surface area contributed by atoms with Gasteiger partial charge in [-0.1, -0.05) is 19.1 Å². The van der Waals surface area contributed by atoms with Crippen LogP contribution in [-0.2, 0) is 9.53 Å². The second-order valence-electron chi connectivity index (χ2n) is 4.81. The molecule has 110 valence electrons. The number of carbonyl (C=O) groups excluding carboxylic acids is 1. The highest BCUT2D eigenvalue weighted by atomic mass is 16.5.